The van der Waals surface area contributed by atoms with Gasteiger partial charge in [0.1, 0.15) is 0 Å². The summed E-state index contributed by atoms with van der Waals surface area (Å²) in [6.07, 6.45) is 1.68. The Morgan fingerprint density at radius 1 is 1.32 bits per heavy atom. The quantitative estimate of drug-likeness (QED) is 0.824. The number of carbonyl (C=O) groups excluding carboxylic acids is 1. The van der Waals surface area contributed by atoms with E-state index in [1.807, 2.05) is 0 Å². The Kier molecular flexibility index (Phi) is 5.16. The van der Waals surface area contributed by atoms with Gasteiger partial charge in [-0.25, -0.2) is 0 Å². The summed E-state index contributed by atoms with van der Waals surface area (Å²) in [7, 11) is -0.351. The lowest BCUT2D eigenvalue weighted by atomic mass is 9.99. The van der Waals surface area contributed by atoms with E-state index in [0.717, 1.165) is 12.8 Å². The van der Waals surface area contributed by atoms with Crippen molar-refractivity contribution >= 4 is 16.1 Å². The SMILES string of the molecule is CN(C)S(=O)(=O)N1CCC[C@H](CNC(=O)c2ccc3c(c2)OCO3)C1. The van der Waals surface area contributed by atoms with Crippen LogP contribution >= 0.6 is 0 Å². The summed E-state index contributed by atoms with van der Waals surface area (Å²) in [6, 6.07) is 5.05. The number of amides is 1. The topological polar surface area (TPSA) is 88.2 Å². The molecule has 1 atom stereocenters. The highest BCUT2D eigenvalue weighted by Gasteiger charge is 2.30. The van der Waals surface area contributed by atoms with E-state index in [1.54, 1.807) is 18.2 Å². The van der Waals surface area contributed by atoms with Crippen molar-refractivity contribution in [3.63, 3.8) is 0 Å². The van der Waals surface area contributed by atoms with Crippen LogP contribution in [0.2, 0.25) is 0 Å². The zero-order valence-electron chi connectivity index (χ0n) is 14.4. The standard InChI is InChI=1S/C16H23N3O5S/c1-18(2)25(21,22)19-7-3-4-12(10-19)9-17-16(20)13-5-6-14-15(8-13)24-11-23-14/h5-6,8,12H,3-4,7,9-11H2,1-2H3,(H,17,20)/t12-/m1/s1. The van der Waals surface area contributed by atoms with Crippen molar-refractivity contribution in [1.82, 2.24) is 13.9 Å². The molecule has 9 heteroatoms. The van der Waals surface area contributed by atoms with Gasteiger partial charge >= 0.3 is 0 Å². The molecule has 0 radical (unpaired) electrons. The summed E-state index contributed by atoms with van der Waals surface area (Å²) in [4.78, 5) is 12.3. The van der Waals surface area contributed by atoms with Crippen LogP contribution in [0.1, 0.15) is 23.2 Å². The van der Waals surface area contributed by atoms with Gasteiger partial charge in [0.05, 0.1) is 0 Å². The van der Waals surface area contributed by atoms with E-state index in [9.17, 15) is 13.2 Å². The molecule has 0 spiro atoms. The second kappa shape index (κ2) is 7.19. The molecule has 0 bridgehead atoms. The van der Waals surface area contributed by atoms with E-state index in [2.05, 4.69) is 5.32 Å². The first kappa shape index (κ1) is 18.0. The third-order valence-electron chi connectivity index (χ3n) is 4.46. The molecule has 3 rings (SSSR count). The molecule has 2 heterocycles. The molecule has 1 aromatic rings. The molecule has 8 nitrogen and oxygen atoms in total. The van der Waals surface area contributed by atoms with Crippen LogP contribution in [0.4, 0.5) is 0 Å². The number of hydrogen-bond donors (Lipinski definition) is 1. The highest BCUT2D eigenvalue weighted by molar-refractivity contribution is 7.86. The number of benzene rings is 1. The van der Waals surface area contributed by atoms with Gasteiger partial charge in [0.15, 0.2) is 11.5 Å². The van der Waals surface area contributed by atoms with Gasteiger partial charge in [0.2, 0.25) is 6.79 Å². The number of nitrogens with one attached hydrogen (secondary N) is 1. The summed E-state index contributed by atoms with van der Waals surface area (Å²) in [5, 5.41) is 2.89. The van der Waals surface area contributed by atoms with Crippen LogP contribution in [0.25, 0.3) is 0 Å². The molecule has 138 valence electrons. The van der Waals surface area contributed by atoms with Gasteiger partial charge in [0, 0.05) is 39.3 Å². The van der Waals surface area contributed by atoms with Crippen LogP contribution < -0.4 is 14.8 Å². The predicted molar refractivity (Wildman–Crippen MR) is 91.8 cm³/mol. The van der Waals surface area contributed by atoms with Crippen molar-refractivity contribution in [1.29, 1.82) is 0 Å². The lowest BCUT2D eigenvalue weighted by Crippen LogP contribution is -2.47. The van der Waals surface area contributed by atoms with Crippen molar-refractivity contribution in [2.24, 2.45) is 5.92 Å². The van der Waals surface area contributed by atoms with Gasteiger partial charge in [-0.15, -0.1) is 0 Å². The first-order valence-corrected chi connectivity index (χ1v) is 9.63. The van der Waals surface area contributed by atoms with Crippen molar-refractivity contribution < 1.29 is 22.7 Å². The Bertz CT molecular complexity index is 750. The number of hydrogen-bond acceptors (Lipinski definition) is 5. The van der Waals surface area contributed by atoms with Gasteiger partial charge in [-0.05, 0) is 37.0 Å². The fourth-order valence-corrected chi connectivity index (χ4v) is 4.23. The first-order valence-electron chi connectivity index (χ1n) is 8.23. The lowest BCUT2D eigenvalue weighted by Gasteiger charge is -2.33. The molecule has 0 aromatic heterocycles. The number of piperidine rings is 1. The van der Waals surface area contributed by atoms with Gasteiger partial charge in [-0.2, -0.15) is 17.0 Å². The molecule has 25 heavy (non-hydrogen) atoms. The Hall–Kier alpha value is -1.84. The Labute approximate surface area is 147 Å². The Morgan fingerprint density at radius 2 is 2.08 bits per heavy atom. The van der Waals surface area contributed by atoms with Crippen molar-refractivity contribution in [3.8, 4) is 11.5 Å². The summed E-state index contributed by atoms with van der Waals surface area (Å²) < 4.78 is 37.7. The van der Waals surface area contributed by atoms with Gasteiger partial charge < -0.3 is 14.8 Å². The minimum Gasteiger partial charge on any atom is -0.454 e. The normalized spacial score (nSPS) is 20.7. The van der Waals surface area contributed by atoms with E-state index >= 15 is 0 Å². The fraction of sp³-hybridized carbons (Fsp3) is 0.562. The molecule has 2 aliphatic rings. The van der Waals surface area contributed by atoms with Crippen LogP contribution in [-0.4, -0.2) is 63.5 Å². The lowest BCUT2D eigenvalue weighted by molar-refractivity contribution is 0.0941. The third-order valence-corrected chi connectivity index (χ3v) is 6.36. The zero-order valence-corrected chi connectivity index (χ0v) is 15.2. The van der Waals surface area contributed by atoms with Crippen molar-refractivity contribution in [2.75, 3.05) is 40.5 Å². The molecule has 1 amide bonds. The monoisotopic (exact) mass is 369 g/mol. The van der Waals surface area contributed by atoms with Crippen molar-refractivity contribution in [2.45, 2.75) is 12.8 Å². The maximum absolute atomic E-state index is 12.3. The Morgan fingerprint density at radius 3 is 2.84 bits per heavy atom. The van der Waals surface area contributed by atoms with Crippen LogP contribution in [0.15, 0.2) is 18.2 Å². The smallest absolute Gasteiger partial charge is 0.281 e. The summed E-state index contributed by atoms with van der Waals surface area (Å²) in [5.41, 5.74) is 0.498. The predicted octanol–water partition coefficient (Wildman–Crippen LogP) is 0.663. The zero-order chi connectivity index (χ0) is 18.0. The van der Waals surface area contributed by atoms with Crippen molar-refractivity contribution in [3.05, 3.63) is 23.8 Å². The van der Waals surface area contributed by atoms with Crippen LogP contribution in [0, 0.1) is 5.92 Å². The van der Waals surface area contributed by atoms with E-state index < -0.39 is 10.2 Å². The van der Waals surface area contributed by atoms with E-state index in [-0.39, 0.29) is 18.6 Å². The second-order valence-electron chi connectivity index (χ2n) is 6.43. The molecule has 0 aliphatic carbocycles. The number of carbonyl (C=O) groups is 1. The highest BCUT2D eigenvalue weighted by Crippen LogP contribution is 2.32. The third kappa shape index (κ3) is 3.88. The maximum Gasteiger partial charge on any atom is 0.281 e. The van der Waals surface area contributed by atoms with E-state index in [4.69, 9.17) is 9.47 Å². The molecular weight excluding hydrogens is 346 g/mol. The van der Waals surface area contributed by atoms with Crippen LogP contribution in [-0.2, 0) is 10.2 Å². The minimum absolute atomic E-state index is 0.0986. The molecule has 1 N–H and O–H groups in total. The van der Waals surface area contributed by atoms with Gasteiger partial charge in [0.25, 0.3) is 16.1 Å². The summed E-state index contributed by atoms with van der Waals surface area (Å²) >= 11 is 0. The molecular formula is C16H23N3O5S. The number of rotatable bonds is 5. The number of ether oxygens (including phenoxy) is 2. The minimum atomic E-state index is -3.41. The average Bonchev–Trinajstić information content (AvgIpc) is 3.07. The van der Waals surface area contributed by atoms with Gasteiger partial charge in [-0.3, -0.25) is 4.79 Å². The maximum atomic E-state index is 12.3. The largest absolute Gasteiger partial charge is 0.454 e. The molecule has 1 saturated heterocycles. The summed E-state index contributed by atoms with van der Waals surface area (Å²) in [6.45, 7) is 1.54. The molecule has 2 aliphatic heterocycles. The molecule has 1 aromatic carbocycles. The first-order chi connectivity index (χ1) is 11.9. The number of nitrogens with zero attached hydrogens (tertiary/aromatic N) is 2. The Balaban J connectivity index is 1.57. The molecule has 0 unspecified atom stereocenters. The molecule has 0 saturated carbocycles. The fourth-order valence-electron chi connectivity index (χ4n) is 3.01. The average molecular weight is 369 g/mol. The summed E-state index contributed by atoms with van der Waals surface area (Å²) in [5.74, 6) is 1.09. The second-order valence-corrected chi connectivity index (χ2v) is 8.58. The number of fused-ring (bicyclic) bond motifs is 1. The highest BCUT2D eigenvalue weighted by atomic mass is 32.2. The molecule has 1 fully saturated rings. The van der Waals surface area contributed by atoms with Crippen LogP contribution in [0.5, 0.6) is 11.5 Å². The van der Waals surface area contributed by atoms with Gasteiger partial charge in [-0.1, -0.05) is 0 Å². The van der Waals surface area contributed by atoms with Crippen LogP contribution in [0.3, 0.4) is 0 Å². The van der Waals surface area contributed by atoms with E-state index in [1.165, 1.54) is 22.7 Å². The van der Waals surface area contributed by atoms with E-state index in [0.29, 0.717) is 36.7 Å².